The molecular formula is C32H50N6O12. The summed E-state index contributed by atoms with van der Waals surface area (Å²) in [5, 5.41) is 63.1. The molecule has 6 rings (SSSR count). The smallest absolute Gasteiger partial charge is 0.370 e. The maximum absolute atomic E-state index is 12.9. The zero-order chi connectivity index (χ0) is 36.5. The largest absolute Gasteiger partial charge is 0.478 e. The molecule has 9 atom stereocenters. The van der Waals surface area contributed by atoms with Crippen LogP contribution in [0.1, 0.15) is 58.8 Å². The quantitative estimate of drug-likeness (QED) is 0.0698. The lowest BCUT2D eigenvalue weighted by molar-refractivity contribution is -0.208. The summed E-state index contributed by atoms with van der Waals surface area (Å²) in [7, 11) is 1.19. The molecule has 0 aromatic rings. The Hall–Kier alpha value is -3.55. The van der Waals surface area contributed by atoms with Gasteiger partial charge in [-0.15, -0.1) is 0 Å². The van der Waals surface area contributed by atoms with Crippen LogP contribution in [0.5, 0.6) is 0 Å². The maximum atomic E-state index is 12.9. The van der Waals surface area contributed by atoms with Gasteiger partial charge in [0, 0.05) is 39.5 Å². The van der Waals surface area contributed by atoms with Crippen molar-refractivity contribution < 1.29 is 58.9 Å². The van der Waals surface area contributed by atoms with Crippen molar-refractivity contribution in [1.29, 1.82) is 0 Å². The van der Waals surface area contributed by atoms with Crippen LogP contribution in [-0.4, -0.2) is 135 Å². The number of aliphatic hydroxyl groups is 3. The predicted octanol–water partition coefficient (Wildman–Crippen LogP) is -2.51. The fourth-order valence-corrected chi connectivity index (χ4v) is 9.20. The fourth-order valence-electron chi connectivity index (χ4n) is 9.20. The Morgan fingerprint density at radius 3 is 2.10 bits per heavy atom. The molecule has 4 saturated carbocycles. The molecule has 18 nitrogen and oxygen atoms in total. The van der Waals surface area contributed by atoms with Gasteiger partial charge >= 0.3 is 11.9 Å². The molecule has 11 N–H and O–H groups in total. The van der Waals surface area contributed by atoms with E-state index >= 15 is 0 Å². The first-order valence-corrected chi connectivity index (χ1v) is 17.0. The lowest BCUT2D eigenvalue weighted by atomic mass is 9.53. The number of amides is 2. The second-order valence-electron chi connectivity index (χ2n) is 14.6. The SMILES string of the molecule is COC(C(O)CO)C1OC(C(=O)O)=CC(N=C(N)NC2(C(=O)O)CC(O)C(NC(C)=O)C(CNC34CC5CC(CC(C5)C3)C4)O2)C1NC(C)=O. The lowest BCUT2D eigenvalue weighted by Gasteiger charge is -2.57. The lowest BCUT2D eigenvalue weighted by Crippen LogP contribution is -2.71. The summed E-state index contributed by atoms with van der Waals surface area (Å²) in [5.74, 6) is -3.38. The molecule has 18 heteroatoms. The highest BCUT2D eigenvalue weighted by molar-refractivity contribution is 5.88. The van der Waals surface area contributed by atoms with Crippen molar-refractivity contribution in [3.8, 4) is 0 Å². The first-order chi connectivity index (χ1) is 23.6. The molecule has 0 radical (unpaired) electrons. The molecule has 50 heavy (non-hydrogen) atoms. The van der Waals surface area contributed by atoms with Crippen molar-refractivity contribution in [2.75, 3.05) is 20.3 Å². The molecule has 2 aliphatic heterocycles. The van der Waals surface area contributed by atoms with E-state index < -0.39 is 103 Å². The van der Waals surface area contributed by atoms with Crippen molar-refractivity contribution in [2.24, 2.45) is 28.5 Å². The Labute approximate surface area is 289 Å². The maximum Gasteiger partial charge on any atom is 0.370 e. The van der Waals surface area contributed by atoms with E-state index in [1.165, 1.54) is 40.2 Å². The zero-order valence-corrected chi connectivity index (χ0v) is 28.4. The topological polar surface area (TPSA) is 284 Å². The number of aliphatic imine (C=N–C) groups is 1. The predicted molar refractivity (Wildman–Crippen MR) is 173 cm³/mol. The number of nitrogens with two attached hydrogens (primary N) is 1. The van der Waals surface area contributed by atoms with E-state index in [4.69, 9.17) is 19.9 Å². The van der Waals surface area contributed by atoms with E-state index in [-0.39, 0.29) is 12.1 Å². The van der Waals surface area contributed by atoms with Crippen LogP contribution in [-0.2, 0) is 33.4 Å². The minimum absolute atomic E-state index is 0.129. The Bertz CT molecular complexity index is 1340. The van der Waals surface area contributed by atoms with Gasteiger partial charge < -0.3 is 66.7 Å². The second kappa shape index (κ2) is 15.0. The van der Waals surface area contributed by atoms with Crippen LogP contribution in [0, 0.1) is 17.8 Å². The Morgan fingerprint density at radius 1 is 1.02 bits per heavy atom. The molecular weight excluding hydrogens is 660 g/mol. The number of carboxylic acids is 2. The number of carboxylic acid groups (broad SMARTS) is 2. The van der Waals surface area contributed by atoms with Gasteiger partial charge in [-0.2, -0.15) is 0 Å². The van der Waals surface area contributed by atoms with Crippen LogP contribution in [0.25, 0.3) is 0 Å². The normalized spacial score (nSPS) is 39.0. The van der Waals surface area contributed by atoms with Crippen molar-refractivity contribution in [3.63, 3.8) is 0 Å². The Morgan fingerprint density at radius 2 is 1.60 bits per heavy atom. The van der Waals surface area contributed by atoms with Crippen LogP contribution in [0.15, 0.2) is 16.8 Å². The summed E-state index contributed by atoms with van der Waals surface area (Å²) in [6.45, 7) is 1.82. The molecule has 1 saturated heterocycles. The van der Waals surface area contributed by atoms with E-state index in [0.29, 0.717) is 17.8 Å². The fraction of sp³-hybridized carbons (Fsp3) is 0.781. The number of methoxy groups -OCH3 is 1. The average molecular weight is 711 g/mol. The summed E-state index contributed by atoms with van der Waals surface area (Å²) >= 11 is 0. The summed E-state index contributed by atoms with van der Waals surface area (Å²) < 4.78 is 17.1. The number of hydrogen-bond acceptors (Lipinski definition) is 12. The summed E-state index contributed by atoms with van der Waals surface area (Å²) in [6, 6.07) is -3.49. The van der Waals surface area contributed by atoms with E-state index in [2.05, 4.69) is 26.3 Å². The number of ether oxygens (including phenoxy) is 3. The van der Waals surface area contributed by atoms with Gasteiger partial charge in [-0.1, -0.05) is 0 Å². The van der Waals surface area contributed by atoms with Crippen molar-refractivity contribution in [3.05, 3.63) is 11.8 Å². The van der Waals surface area contributed by atoms with Crippen molar-refractivity contribution in [1.82, 2.24) is 21.3 Å². The van der Waals surface area contributed by atoms with Gasteiger partial charge in [0.25, 0.3) is 0 Å². The van der Waals surface area contributed by atoms with Crippen LogP contribution >= 0.6 is 0 Å². The Balaban J connectivity index is 1.42. The summed E-state index contributed by atoms with van der Waals surface area (Å²) in [6.07, 6.45) is 0.392. The number of guanidine groups is 1. The highest BCUT2D eigenvalue weighted by Crippen LogP contribution is 2.55. The second-order valence-corrected chi connectivity index (χ2v) is 14.6. The van der Waals surface area contributed by atoms with Gasteiger partial charge in [-0.05, 0) is 62.4 Å². The van der Waals surface area contributed by atoms with E-state index in [0.717, 1.165) is 25.3 Å². The Kier molecular flexibility index (Phi) is 11.3. The number of nitrogens with zero attached hydrogens (tertiary/aromatic N) is 1. The standard InChI is InChI=1S/C32H50N6O12/c1-14(40)35-24-19(7-22(28(44)45)49-27(24)26(48-3)21(43)13-39)37-30(33)38-32(29(46)47)11-20(42)25(36-15(2)41)23(50-32)12-34-31-8-16-4-17(9-31)6-18(5-16)10-31/h7,16-21,23-27,34,39,42-43H,4-6,8-13H2,1-3H3,(H,35,40)(H,36,41)(H,44,45)(H,46,47)(H3,33,37,38). The van der Waals surface area contributed by atoms with Crippen LogP contribution in [0.4, 0.5) is 0 Å². The number of hydrogen-bond donors (Lipinski definition) is 10. The minimum Gasteiger partial charge on any atom is -0.478 e. The first kappa shape index (κ1) is 37.7. The minimum atomic E-state index is -2.34. The number of carbonyl (C=O) groups is 4. The van der Waals surface area contributed by atoms with Gasteiger partial charge in [0.05, 0.1) is 36.9 Å². The third kappa shape index (κ3) is 8.00. The summed E-state index contributed by atoms with van der Waals surface area (Å²) in [4.78, 5) is 53.7. The van der Waals surface area contributed by atoms with Gasteiger partial charge in [0.2, 0.25) is 23.3 Å². The molecule has 0 aromatic carbocycles. The number of carbonyl (C=O) groups excluding carboxylic acids is 2. The van der Waals surface area contributed by atoms with Crippen molar-refractivity contribution in [2.45, 2.75) is 119 Å². The highest BCUT2D eigenvalue weighted by atomic mass is 16.6. The van der Waals surface area contributed by atoms with E-state index in [1.807, 2.05) is 0 Å². The number of aliphatic carboxylic acids is 2. The molecule has 2 amide bonds. The van der Waals surface area contributed by atoms with E-state index in [1.54, 1.807) is 0 Å². The average Bonchev–Trinajstić information content (AvgIpc) is 3.01. The van der Waals surface area contributed by atoms with Crippen molar-refractivity contribution >= 4 is 29.7 Å². The summed E-state index contributed by atoms with van der Waals surface area (Å²) in [5.41, 5.74) is 3.79. The molecule has 6 aliphatic rings. The first-order valence-electron chi connectivity index (χ1n) is 17.0. The molecule has 9 unspecified atom stereocenters. The van der Waals surface area contributed by atoms with Crippen LogP contribution < -0.4 is 27.0 Å². The molecule has 280 valence electrons. The van der Waals surface area contributed by atoms with Gasteiger partial charge in [0.15, 0.2) is 12.1 Å². The molecule has 5 fully saturated rings. The molecule has 2 heterocycles. The van der Waals surface area contributed by atoms with Gasteiger partial charge in [-0.3, -0.25) is 9.59 Å². The van der Waals surface area contributed by atoms with Crippen LogP contribution in [0.2, 0.25) is 0 Å². The molecule has 4 bridgehead atoms. The zero-order valence-electron chi connectivity index (χ0n) is 28.4. The number of aliphatic hydroxyl groups excluding tert-OH is 3. The third-order valence-corrected chi connectivity index (χ3v) is 10.8. The van der Waals surface area contributed by atoms with Gasteiger partial charge in [-0.25, -0.2) is 14.6 Å². The number of nitrogens with one attached hydrogen (secondary N) is 4. The highest BCUT2D eigenvalue weighted by Gasteiger charge is 2.55. The van der Waals surface area contributed by atoms with E-state index in [9.17, 15) is 44.7 Å². The third-order valence-electron chi connectivity index (χ3n) is 10.8. The van der Waals surface area contributed by atoms with Gasteiger partial charge in [0.1, 0.15) is 12.2 Å². The molecule has 4 aliphatic carbocycles. The molecule has 0 spiro atoms. The molecule has 0 aromatic heterocycles. The monoisotopic (exact) mass is 710 g/mol. The number of rotatable bonds is 13. The van der Waals surface area contributed by atoms with Crippen LogP contribution in [0.3, 0.4) is 0 Å².